The van der Waals surface area contributed by atoms with Crippen LogP contribution in [0.25, 0.3) is 0 Å². The van der Waals surface area contributed by atoms with E-state index in [1.807, 2.05) is 0 Å². The maximum atomic E-state index is 12.7. The zero-order valence-electron chi connectivity index (χ0n) is 11.3. The van der Waals surface area contributed by atoms with E-state index in [-0.39, 0.29) is 17.5 Å². The summed E-state index contributed by atoms with van der Waals surface area (Å²) in [6.45, 7) is 3.74. The summed E-state index contributed by atoms with van der Waals surface area (Å²) >= 11 is 0. The van der Waals surface area contributed by atoms with Crippen molar-refractivity contribution in [2.75, 3.05) is 13.2 Å². The number of aromatic nitrogens is 1. The maximum Gasteiger partial charge on any atom is 0.248 e. The number of sulfonamides is 1. The van der Waals surface area contributed by atoms with Crippen LogP contribution in [0.5, 0.6) is 0 Å². The Morgan fingerprint density at radius 1 is 1.42 bits per heavy atom. The van der Waals surface area contributed by atoms with Crippen LogP contribution >= 0.6 is 0 Å². The first-order chi connectivity index (χ1) is 8.98. The van der Waals surface area contributed by atoms with Crippen molar-refractivity contribution in [3.05, 3.63) is 11.5 Å². The molecule has 1 aliphatic heterocycles. The van der Waals surface area contributed by atoms with Crippen molar-refractivity contribution in [3.63, 3.8) is 0 Å². The standard InChI is InChI=1S/C12H20N2O4S/c1-9-12(10(2)18-13-9)19(16,17)14-7-4-3-5-11(14)6-8-15/h11,15H,3-8H2,1-2H3. The highest BCUT2D eigenvalue weighted by molar-refractivity contribution is 7.89. The summed E-state index contributed by atoms with van der Waals surface area (Å²) in [5, 5.41) is 12.8. The van der Waals surface area contributed by atoms with Crippen molar-refractivity contribution in [2.45, 2.75) is 50.5 Å². The quantitative estimate of drug-likeness (QED) is 0.900. The van der Waals surface area contributed by atoms with Gasteiger partial charge in [-0.2, -0.15) is 4.31 Å². The lowest BCUT2D eigenvalue weighted by atomic mass is 10.0. The molecule has 1 saturated heterocycles. The molecule has 108 valence electrons. The number of aliphatic hydroxyl groups excluding tert-OH is 1. The van der Waals surface area contributed by atoms with Gasteiger partial charge in [0.1, 0.15) is 10.6 Å². The first-order valence-electron chi connectivity index (χ1n) is 6.54. The molecule has 2 rings (SSSR count). The van der Waals surface area contributed by atoms with Crippen molar-refractivity contribution < 1.29 is 18.0 Å². The Bertz CT molecular complexity index is 516. The molecule has 0 saturated carbocycles. The van der Waals surface area contributed by atoms with Crippen molar-refractivity contribution in [3.8, 4) is 0 Å². The first kappa shape index (κ1) is 14.5. The minimum atomic E-state index is -3.59. The van der Waals surface area contributed by atoms with Crippen LogP contribution in [-0.2, 0) is 10.0 Å². The van der Waals surface area contributed by atoms with E-state index in [0.29, 0.717) is 24.4 Å². The number of aliphatic hydroxyl groups is 1. The topological polar surface area (TPSA) is 83.6 Å². The summed E-state index contributed by atoms with van der Waals surface area (Å²) in [5.41, 5.74) is 0.394. The first-order valence-corrected chi connectivity index (χ1v) is 7.98. The van der Waals surface area contributed by atoms with Crippen molar-refractivity contribution in [2.24, 2.45) is 0 Å². The maximum absolute atomic E-state index is 12.7. The third kappa shape index (κ3) is 2.68. The molecule has 0 amide bonds. The second kappa shape index (κ2) is 5.60. The molecule has 0 radical (unpaired) electrons. The van der Waals surface area contributed by atoms with Crippen LogP contribution < -0.4 is 0 Å². The summed E-state index contributed by atoms with van der Waals surface area (Å²) in [6, 6.07) is -0.127. The molecule has 0 spiro atoms. The van der Waals surface area contributed by atoms with E-state index < -0.39 is 10.0 Å². The number of hydrogen-bond acceptors (Lipinski definition) is 5. The van der Waals surface area contributed by atoms with Crippen molar-refractivity contribution in [1.29, 1.82) is 0 Å². The van der Waals surface area contributed by atoms with Gasteiger partial charge in [0.25, 0.3) is 0 Å². The van der Waals surface area contributed by atoms with Crippen molar-refractivity contribution >= 4 is 10.0 Å². The number of rotatable bonds is 4. The molecule has 2 heterocycles. The van der Waals surface area contributed by atoms with Gasteiger partial charge in [-0.15, -0.1) is 0 Å². The molecule has 19 heavy (non-hydrogen) atoms. The fourth-order valence-electron chi connectivity index (χ4n) is 2.69. The molecule has 1 atom stereocenters. The average Bonchev–Trinajstić information content (AvgIpc) is 2.70. The molecular formula is C12H20N2O4S. The van der Waals surface area contributed by atoms with Crippen molar-refractivity contribution in [1.82, 2.24) is 9.46 Å². The van der Waals surface area contributed by atoms with E-state index in [4.69, 9.17) is 9.63 Å². The predicted molar refractivity (Wildman–Crippen MR) is 69.2 cm³/mol. The van der Waals surface area contributed by atoms with Crippen LogP contribution in [0.3, 0.4) is 0 Å². The Kier molecular flexibility index (Phi) is 4.27. The van der Waals surface area contributed by atoms with E-state index in [1.54, 1.807) is 13.8 Å². The Hall–Kier alpha value is -0.920. The van der Waals surface area contributed by atoms with Crippen LogP contribution in [0, 0.1) is 13.8 Å². The molecule has 0 bridgehead atoms. The zero-order chi connectivity index (χ0) is 14.0. The van der Waals surface area contributed by atoms with Crippen LogP contribution in [0.2, 0.25) is 0 Å². The van der Waals surface area contributed by atoms with Gasteiger partial charge < -0.3 is 9.63 Å². The van der Waals surface area contributed by atoms with Gasteiger partial charge in [0.05, 0.1) is 0 Å². The SMILES string of the molecule is Cc1noc(C)c1S(=O)(=O)N1CCCCC1CCO. The molecule has 6 nitrogen and oxygen atoms in total. The number of piperidine rings is 1. The molecule has 1 unspecified atom stereocenters. The van der Waals surface area contributed by atoms with Crippen LogP contribution in [0.4, 0.5) is 0 Å². The molecule has 1 N–H and O–H groups in total. The molecule has 0 aliphatic carbocycles. The lowest BCUT2D eigenvalue weighted by molar-refractivity contribution is 0.192. The summed E-state index contributed by atoms with van der Waals surface area (Å²) < 4.78 is 31.9. The highest BCUT2D eigenvalue weighted by Gasteiger charge is 2.36. The molecule has 1 aromatic rings. The second-order valence-corrected chi connectivity index (χ2v) is 6.76. The number of nitrogens with zero attached hydrogens (tertiary/aromatic N) is 2. The third-order valence-corrected chi connectivity index (χ3v) is 5.77. The summed E-state index contributed by atoms with van der Waals surface area (Å²) in [4.78, 5) is 0.178. The molecule has 7 heteroatoms. The molecule has 1 aliphatic rings. The summed E-state index contributed by atoms with van der Waals surface area (Å²) in [5.74, 6) is 0.325. The lowest BCUT2D eigenvalue weighted by Gasteiger charge is -2.34. The largest absolute Gasteiger partial charge is 0.396 e. The number of hydrogen-bond donors (Lipinski definition) is 1. The highest BCUT2D eigenvalue weighted by atomic mass is 32.2. The van der Waals surface area contributed by atoms with E-state index in [9.17, 15) is 8.42 Å². The molecular weight excluding hydrogens is 268 g/mol. The Morgan fingerprint density at radius 3 is 2.74 bits per heavy atom. The Morgan fingerprint density at radius 2 is 2.16 bits per heavy atom. The van der Waals surface area contributed by atoms with Gasteiger partial charge in [0.15, 0.2) is 5.76 Å². The predicted octanol–water partition coefficient (Wildman–Crippen LogP) is 1.22. The molecule has 1 fully saturated rings. The van der Waals surface area contributed by atoms with E-state index in [2.05, 4.69) is 5.16 Å². The smallest absolute Gasteiger partial charge is 0.248 e. The molecule has 0 aromatic carbocycles. The normalized spacial score (nSPS) is 21.7. The van der Waals surface area contributed by atoms with Crippen LogP contribution in [0.15, 0.2) is 9.42 Å². The van der Waals surface area contributed by atoms with Crippen LogP contribution in [-0.4, -0.2) is 42.2 Å². The number of aryl methyl sites for hydroxylation is 2. The monoisotopic (exact) mass is 288 g/mol. The van der Waals surface area contributed by atoms with Gasteiger partial charge in [0.2, 0.25) is 10.0 Å². The minimum absolute atomic E-state index is 0.00170. The summed E-state index contributed by atoms with van der Waals surface area (Å²) in [7, 11) is -3.59. The van der Waals surface area contributed by atoms with Gasteiger partial charge >= 0.3 is 0 Å². The fraction of sp³-hybridized carbons (Fsp3) is 0.750. The fourth-order valence-corrected chi connectivity index (χ4v) is 4.71. The van der Waals surface area contributed by atoms with E-state index >= 15 is 0 Å². The van der Waals surface area contributed by atoms with Gasteiger partial charge in [-0.05, 0) is 33.1 Å². The summed E-state index contributed by atoms with van der Waals surface area (Å²) in [6.07, 6.45) is 3.12. The Labute approximate surface area is 113 Å². The average molecular weight is 288 g/mol. The zero-order valence-corrected chi connectivity index (χ0v) is 12.1. The van der Waals surface area contributed by atoms with Gasteiger partial charge in [-0.25, -0.2) is 8.42 Å². The van der Waals surface area contributed by atoms with Crippen LogP contribution in [0.1, 0.15) is 37.1 Å². The molecule has 1 aromatic heterocycles. The van der Waals surface area contributed by atoms with E-state index in [1.165, 1.54) is 4.31 Å². The highest BCUT2D eigenvalue weighted by Crippen LogP contribution is 2.30. The van der Waals surface area contributed by atoms with Gasteiger partial charge in [-0.1, -0.05) is 11.6 Å². The van der Waals surface area contributed by atoms with Gasteiger partial charge in [0, 0.05) is 19.2 Å². The lowest BCUT2D eigenvalue weighted by Crippen LogP contribution is -2.44. The Balaban J connectivity index is 2.37. The van der Waals surface area contributed by atoms with Gasteiger partial charge in [-0.3, -0.25) is 0 Å². The van der Waals surface area contributed by atoms with E-state index in [0.717, 1.165) is 19.3 Å². The third-order valence-electron chi connectivity index (χ3n) is 3.57. The minimum Gasteiger partial charge on any atom is -0.396 e. The second-order valence-electron chi connectivity index (χ2n) is 4.93.